The zero-order valence-electron chi connectivity index (χ0n) is 20.8. The Labute approximate surface area is 177 Å². The number of benzene rings is 1. The van der Waals surface area contributed by atoms with Crippen LogP contribution in [0.4, 0.5) is 0 Å². The van der Waals surface area contributed by atoms with E-state index in [0.717, 1.165) is 0 Å². The summed E-state index contributed by atoms with van der Waals surface area (Å²) in [5, 5.41) is 0. The van der Waals surface area contributed by atoms with Gasteiger partial charge in [-0.1, -0.05) is 113 Å². The van der Waals surface area contributed by atoms with Gasteiger partial charge in [-0.25, -0.2) is 0 Å². The summed E-state index contributed by atoms with van der Waals surface area (Å²) in [6.45, 7) is 25.6. The largest absolute Gasteiger partial charge is 0.261 e. The Kier molecular flexibility index (Phi) is 16.7. The Morgan fingerprint density at radius 3 is 1.00 bits per heavy atom. The van der Waals surface area contributed by atoms with Crippen molar-refractivity contribution in [1.29, 1.82) is 0 Å². The minimum Gasteiger partial charge on any atom is -0.261 e. The van der Waals surface area contributed by atoms with Crippen molar-refractivity contribution in [2.45, 2.75) is 107 Å². The first-order valence-corrected chi connectivity index (χ1v) is 11.3. The monoisotopic (exact) mass is 385 g/mol. The molecule has 1 heterocycles. The van der Waals surface area contributed by atoms with Gasteiger partial charge in [-0.15, -0.1) is 0 Å². The lowest BCUT2D eigenvalue weighted by Crippen LogP contribution is -1.94. The van der Waals surface area contributed by atoms with Crippen LogP contribution in [0.1, 0.15) is 129 Å². The molecular weight excluding hydrogens is 338 g/mol. The Balaban J connectivity index is 0. The molecule has 0 spiro atoms. The molecule has 0 saturated heterocycles. The highest BCUT2D eigenvalue weighted by Gasteiger charge is 2.02. The van der Waals surface area contributed by atoms with Crippen molar-refractivity contribution in [1.82, 2.24) is 4.98 Å². The molecule has 0 aliphatic rings. The standard InChI is InChI=1S/C12H18.C11H17N.2C2H6/c1-9(2)11-5-7-12(8-6-11)10(3)4;1-8(2)10-5-6-11(9(3)4)12-7-10;2*1-2/h5-10H,1-4H3;5-9H,1-4H3;2*1-2H3. The minimum atomic E-state index is 0.534. The van der Waals surface area contributed by atoms with Crippen LogP contribution in [0.15, 0.2) is 42.6 Å². The van der Waals surface area contributed by atoms with Gasteiger partial charge in [0.1, 0.15) is 0 Å². The maximum Gasteiger partial charge on any atom is 0.0429 e. The summed E-state index contributed by atoms with van der Waals surface area (Å²) in [6, 6.07) is 13.2. The van der Waals surface area contributed by atoms with Crippen LogP contribution in [0.2, 0.25) is 0 Å². The number of rotatable bonds is 4. The van der Waals surface area contributed by atoms with Crippen LogP contribution in [-0.4, -0.2) is 4.98 Å². The Morgan fingerprint density at radius 2 is 0.786 bits per heavy atom. The SMILES string of the molecule is CC.CC.CC(C)c1ccc(C(C)C)cc1.CC(C)c1ccc(C(C)C)nc1. The van der Waals surface area contributed by atoms with Gasteiger partial charge in [0.2, 0.25) is 0 Å². The molecule has 0 aliphatic heterocycles. The predicted octanol–water partition coefficient (Wildman–Crippen LogP) is 9.31. The normalized spacial score (nSPS) is 10.0. The molecular formula is C27H47N. The maximum atomic E-state index is 4.40. The van der Waals surface area contributed by atoms with E-state index in [1.54, 1.807) is 0 Å². The maximum absolute atomic E-state index is 4.40. The van der Waals surface area contributed by atoms with Crippen LogP contribution in [0.25, 0.3) is 0 Å². The third-order valence-electron chi connectivity index (χ3n) is 4.34. The van der Waals surface area contributed by atoms with Gasteiger partial charge >= 0.3 is 0 Å². The molecule has 0 N–H and O–H groups in total. The van der Waals surface area contributed by atoms with E-state index in [1.165, 1.54) is 22.4 Å². The van der Waals surface area contributed by atoms with Gasteiger partial charge in [0, 0.05) is 11.9 Å². The molecule has 0 radical (unpaired) electrons. The lowest BCUT2D eigenvalue weighted by Gasteiger charge is -2.08. The summed E-state index contributed by atoms with van der Waals surface area (Å²) in [6.07, 6.45) is 1.99. The number of pyridine rings is 1. The molecule has 1 aromatic heterocycles. The van der Waals surface area contributed by atoms with Gasteiger partial charge in [-0.2, -0.15) is 0 Å². The van der Waals surface area contributed by atoms with E-state index in [9.17, 15) is 0 Å². The highest BCUT2D eigenvalue weighted by atomic mass is 14.7. The lowest BCUT2D eigenvalue weighted by atomic mass is 9.97. The van der Waals surface area contributed by atoms with E-state index >= 15 is 0 Å². The van der Waals surface area contributed by atoms with Gasteiger partial charge < -0.3 is 0 Å². The molecule has 0 unspecified atom stereocenters. The predicted molar refractivity (Wildman–Crippen MR) is 130 cm³/mol. The highest BCUT2D eigenvalue weighted by Crippen LogP contribution is 2.19. The van der Waals surface area contributed by atoms with Crippen molar-refractivity contribution in [3.05, 3.63) is 65.0 Å². The van der Waals surface area contributed by atoms with Gasteiger partial charge in [0.05, 0.1) is 0 Å². The first-order chi connectivity index (χ1) is 13.2. The van der Waals surface area contributed by atoms with Crippen molar-refractivity contribution in [2.24, 2.45) is 0 Å². The first kappa shape index (κ1) is 28.6. The summed E-state index contributed by atoms with van der Waals surface area (Å²) in [4.78, 5) is 4.40. The second-order valence-corrected chi connectivity index (χ2v) is 7.80. The van der Waals surface area contributed by atoms with E-state index in [4.69, 9.17) is 0 Å². The zero-order chi connectivity index (χ0) is 22.3. The smallest absolute Gasteiger partial charge is 0.0429 e. The van der Waals surface area contributed by atoms with Crippen molar-refractivity contribution in [3.8, 4) is 0 Å². The lowest BCUT2D eigenvalue weighted by molar-refractivity contribution is 0.802. The van der Waals surface area contributed by atoms with Crippen molar-refractivity contribution >= 4 is 0 Å². The summed E-state index contributed by atoms with van der Waals surface area (Å²) < 4.78 is 0. The van der Waals surface area contributed by atoms with Crippen LogP contribution >= 0.6 is 0 Å². The molecule has 1 aromatic carbocycles. The van der Waals surface area contributed by atoms with Gasteiger partial charge in [-0.05, 0) is 46.4 Å². The molecule has 28 heavy (non-hydrogen) atoms. The average molecular weight is 386 g/mol. The quantitative estimate of drug-likeness (QED) is 0.511. The molecule has 2 rings (SSSR count). The topological polar surface area (TPSA) is 12.9 Å². The zero-order valence-corrected chi connectivity index (χ0v) is 20.8. The molecule has 0 bridgehead atoms. The summed E-state index contributed by atoms with van der Waals surface area (Å²) in [5.74, 6) is 2.40. The summed E-state index contributed by atoms with van der Waals surface area (Å²) in [7, 11) is 0. The first-order valence-electron chi connectivity index (χ1n) is 11.3. The minimum absolute atomic E-state index is 0.534. The second kappa shape index (κ2) is 16.3. The molecule has 0 fully saturated rings. The molecule has 1 nitrogen and oxygen atoms in total. The van der Waals surface area contributed by atoms with Gasteiger partial charge in [-0.3, -0.25) is 4.98 Å². The second-order valence-electron chi connectivity index (χ2n) is 7.80. The van der Waals surface area contributed by atoms with E-state index in [1.807, 2.05) is 33.9 Å². The Morgan fingerprint density at radius 1 is 0.464 bits per heavy atom. The number of aromatic nitrogens is 1. The van der Waals surface area contributed by atoms with Crippen LogP contribution in [0, 0.1) is 0 Å². The average Bonchev–Trinajstić information content (AvgIpc) is 2.71. The fourth-order valence-corrected chi connectivity index (χ4v) is 2.37. The molecule has 0 atom stereocenters. The van der Waals surface area contributed by atoms with Gasteiger partial charge in [0.15, 0.2) is 0 Å². The third-order valence-corrected chi connectivity index (χ3v) is 4.34. The van der Waals surface area contributed by atoms with Crippen molar-refractivity contribution in [2.75, 3.05) is 0 Å². The Bertz CT molecular complexity index is 465. The number of hydrogen-bond donors (Lipinski definition) is 0. The van der Waals surface area contributed by atoms with Crippen LogP contribution in [0.3, 0.4) is 0 Å². The highest BCUT2D eigenvalue weighted by molar-refractivity contribution is 5.26. The summed E-state index contributed by atoms with van der Waals surface area (Å²) >= 11 is 0. The number of nitrogens with zero attached hydrogens (tertiary/aromatic N) is 1. The Hall–Kier alpha value is -1.63. The molecule has 0 aliphatic carbocycles. The van der Waals surface area contributed by atoms with E-state index in [-0.39, 0.29) is 0 Å². The van der Waals surface area contributed by atoms with E-state index < -0.39 is 0 Å². The molecule has 0 saturated carbocycles. The van der Waals surface area contributed by atoms with Crippen LogP contribution in [0.5, 0.6) is 0 Å². The summed E-state index contributed by atoms with van der Waals surface area (Å²) in [5.41, 5.74) is 5.36. The van der Waals surface area contributed by atoms with Gasteiger partial charge in [0.25, 0.3) is 0 Å². The van der Waals surface area contributed by atoms with Crippen LogP contribution < -0.4 is 0 Å². The van der Waals surface area contributed by atoms with E-state index in [2.05, 4.69) is 96.8 Å². The molecule has 0 amide bonds. The molecule has 2 aromatic rings. The number of hydrogen-bond acceptors (Lipinski definition) is 1. The fourth-order valence-electron chi connectivity index (χ4n) is 2.37. The van der Waals surface area contributed by atoms with Crippen LogP contribution in [-0.2, 0) is 0 Å². The molecule has 1 heteroatoms. The third kappa shape index (κ3) is 11.3. The molecule has 160 valence electrons. The van der Waals surface area contributed by atoms with Crippen molar-refractivity contribution < 1.29 is 0 Å². The van der Waals surface area contributed by atoms with E-state index in [0.29, 0.717) is 23.7 Å². The fraction of sp³-hybridized carbons (Fsp3) is 0.593. The van der Waals surface area contributed by atoms with Crippen molar-refractivity contribution in [3.63, 3.8) is 0 Å².